The van der Waals surface area contributed by atoms with E-state index in [1.807, 2.05) is 24.3 Å². The molecule has 3 unspecified atom stereocenters. The SMILES string of the molecule is COc1ccccc1C1CS(=O)CCC(C)N1. The second-order valence-corrected chi connectivity index (χ2v) is 6.08. The first-order valence-corrected chi connectivity index (χ1v) is 7.43. The lowest BCUT2D eigenvalue weighted by atomic mass is 10.1. The van der Waals surface area contributed by atoms with Crippen LogP contribution in [-0.4, -0.2) is 28.9 Å². The summed E-state index contributed by atoms with van der Waals surface area (Å²) in [6, 6.07) is 8.49. The third kappa shape index (κ3) is 3.07. The van der Waals surface area contributed by atoms with Crippen LogP contribution in [0, 0.1) is 0 Å². The van der Waals surface area contributed by atoms with E-state index in [4.69, 9.17) is 4.74 Å². The Morgan fingerprint density at radius 1 is 1.41 bits per heavy atom. The fourth-order valence-corrected chi connectivity index (χ4v) is 3.62. The standard InChI is InChI=1S/C13H19NO2S/c1-10-7-8-17(15)9-12(14-10)11-5-3-4-6-13(11)16-2/h3-6,10,12,14H,7-9H2,1-2H3. The van der Waals surface area contributed by atoms with Gasteiger partial charge >= 0.3 is 0 Å². The molecular weight excluding hydrogens is 234 g/mol. The van der Waals surface area contributed by atoms with E-state index in [0.29, 0.717) is 11.8 Å². The number of hydrogen-bond acceptors (Lipinski definition) is 3. The van der Waals surface area contributed by atoms with E-state index < -0.39 is 10.8 Å². The topological polar surface area (TPSA) is 38.3 Å². The normalized spacial score (nSPS) is 29.6. The molecule has 1 heterocycles. The van der Waals surface area contributed by atoms with Crippen LogP contribution < -0.4 is 10.1 Å². The van der Waals surface area contributed by atoms with Gasteiger partial charge in [-0.25, -0.2) is 0 Å². The Kier molecular flexibility index (Phi) is 4.18. The van der Waals surface area contributed by atoms with Crippen LogP contribution in [0.3, 0.4) is 0 Å². The molecule has 0 radical (unpaired) electrons. The molecule has 0 aromatic heterocycles. The van der Waals surface area contributed by atoms with Gasteiger partial charge in [-0.1, -0.05) is 18.2 Å². The van der Waals surface area contributed by atoms with Gasteiger partial charge in [0.2, 0.25) is 0 Å². The van der Waals surface area contributed by atoms with E-state index in [1.54, 1.807) is 7.11 Å². The first kappa shape index (κ1) is 12.6. The number of nitrogens with one attached hydrogen (secondary N) is 1. The van der Waals surface area contributed by atoms with Crippen LogP contribution in [-0.2, 0) is 10.8 Å². The van der Waals surface area contributed by atoms with Crippen molar-refractivity contribution in [3.63, 3.8) is 0 Å². The average molecular weight is 253 g/mol. The Bertz CT molecular complexity index is 408. The molecule has 1 aliphatic rings. The highest BCUT2D eigenvalue weighted by molar-refractivity contribution is 7.85. The predicted octanol–water partition coefficient (Wildman–Crippen LogP) is 1.87. The molecule has 1 N–H and O–H groups in total. The Balaban J connectivity index is 2.27. The smallest absolute Gasteiger partial charge is 0.123 e. The number of ether oxygens (including phenoxy) is 1. The molecule has 1 fully saturated rings. The Morgan fingerprint density at radius 2 is 2.18 bits per heavy atom. The van der Waals surface area contributed by atoms with Crippen molar-refractivity contribution in [2.24, 2.45) is 0 Å². The molecule has 3 nitrogen and oxygen atoms in total. The summed E-state index contributed by atoms with van der Waals surface area (Å²) in [5, 5.41) is 3.53. The van der Waals surface area contributed by atoms with Gasteiger partial charge in [0.15, 0.2) is 0 Å². The van der Waals surface area contributed by atoms with Gasteiger partial charge in [0.1, 0.15) is 5.75 Å². The van der Waals surface area contributed by atoms with Crippen molar-refractivity contribution in [1.29, 1.82) is 0 Å². The van der Waals surface area contributed by atoms with Gasteiger partial charge in [0.05, 0.1) is 7.11 Å². The number of benzene rings is 1. The van der Waals surface area contributed by atoms with Crippen molar-refractivity contribution in [3.8, 4) is 5.75 Å². The summed E-state index contributed by atoms with van der Waals surface area (Å²) in [4.78, 5) is 0. The van der Waals surface area contributed by atoms with Gasteiger partial charge in [-0.3, -0.25) is 4.21 Å². The predicted molar refractivity (Wildman–Crippen MR) is 70.8 cm³/mol. The van der Waals surface area contributed by atoms with Crippen molar-refractivity contribution in [2.45, 2.75) is 25.4 Å². The highest BCUT2D eigenvalue weighted by Crippen LogP contribution is 2.27. The largest absolute Gasteiger partial charge is 0.496 e. The van der Waals surface area contributed by atoms with Gasteiger partial charge in [-0.05, 0) is 19.4 Å². The van der Waals surface area contributed by atoms with Gasteiger partial charge in [0, 0.05) is 40.0 Å². The second-order valence-electron chi connectivity index (χ2n) is 4.46. The van der Waals surface area contributed by atoms with Crippen LogP contribution in [0.5, 0.6) is 5.75 Å². The molecule has 17 heavy (non-hydrogen) atoms. The molecule has 1 aromatic carbocycles. The Labute approximate surface area is 105 Å². The number of methoxy groups -OCH3 is 1. The van der Waals surface area contributed by atoms with E-state index >= 15 is 0 Å². The zero-order valence-electron chi connectivity index (χ0n) is 10.3. The molecule has 0 saturated carbocycles. The van der Waals surface area contributed by atoms with E-state index in [1.165, 1.54) is 0 Å². The number of hydrogen-bond donors (Lipinski definition) is 1. The first-order chi connectivity index (χ1) is 8.20. The minimum atomic E-state index is -0.737. The third-order valence-corrected chi connectivity index (χ3v) is 4.53. The summed E-state index contributed by atoms with van der Waals surface area (Å²) >= 11 is 0. The summed E-state index contributed by atoms with van der Waals surface area (Å²) in [5.74, 6) is 2.33. The van der Waals surface area contributed by atoms with Crippen LogP contribution in [0.1, 0.15) is 24.9 Å². The van der Waals surface area contributed by atoms with Crippen molar-refractivity contribution in [1.82, 2.24) is 5.32 Å². The van der Waals surface area contributed by atoms with Gasteiger partial charge in [-0.15, -0.1) is 0 Å². The Hall–Kier alpha value is -0.870. The third-order valence-electron chi connectivity index (χ3n) is 3.13. The number of rotatable bonds is 2. The lowest BCUT2D eigenvalue weighted by Gasteiger charge is -2.21. The average Bonchev–Trinajstić information content (AvgIpc) is 2.51. The van der Waals surface area contributed by atoms with Crippen molar-refractivity contribution >= 4 is 10.8 Å². The summed E-state index contributed by atoms with van der Waals surface area (Å²) in [7, 11) is 0.939. The van der Waals surface area contributed by atoms with Gasteiger partial charge in [-0.2, -0.15) is 0 Å². The molecule has 3 atom stereocenters. The molecular formula is C13H19NO2S. The Morgan fingerprint density at radius 3 is 2.94 bits per heavy atom. The van der Waals surface area contributed by atoms with Crippen LogP contribution in [0.15, 0.2) is 24.3 Å². The van der Waals surface area contributed by atoms with Gasteiger partial charge in [0.25, 0.3) is 0 Å². The van der Waals surface area contributed by atoms with Crippen molar-refractivity contribution in [2.75, 3.05) is 18.6 Å². The van der Waals surface area contributed by atoms with Crippen molar-refractivity contribution in [3.05, 3.63) is 29.8 Å². The highest BCUT2D eigenvalue weighted by Gasteiger charge is 2.23. The lowest BCUT2D eigenvalue weighted by Crippen LogP contribution is -2.30. The maximum absolute atomic E-state index is 11.8. The molecule has 0 spiro atoms. The van der Waals surface area contributed by atoms with E-state index in [0.717, 1.165) is 23.5 Å². The van der Waals surface area contributed by atoms with Crippen LogP contribution in [0.4, 0.5) is 0 Å². The summed E-state index contributed by atoms with van der Waals surface area (Å²) in [6.07, 6.45) is 0.970. The van der Waals surface area contributed by atoms with Crippen LogP contribution in [0.25, 0.3) is 0 Å². The zero-order valence-corrected chi connectivity index (χ0v) is 11.1. The maximum atomic E-state index is 11.8. The maximum Gasteiger partial charge on any atom is 0.123 e. The van der Waals surface area contributed by atoms with Crippen molar-refractivity contribution < 1.29 is 8.95 Å². The molecule has 0 aliphatic carbocycles. The molecule has 2 rings (SSSR count). The summed E-state index contributed by atoms with van der Waals surface area (Å²) < 4.78 is 17.2. The van der Waals surface area contributed by atoms with E-state index in [9.17, 15) is 4.21 Å². The quantitative estimate of drug-likeness (QED) is 0.874. The van der Waals surface area contributed by atoms with Crippen LogP contribution in [0.2, 0.25) is 0 Å². The zero-order chi connectivity index (χ0) is 12.3. The highest BCUT2D eigenvalue weighted by atomic mass is 32.2. The van der Waals surface area contributed by atoms with Gasteiger partial charge < -0.3 is 10.1 Å². The summed E-state index contributed by atoms with van der Waals surface area (Å²) in [5.41, 5.74) is 1.11. The monoisotopic (exact) mass is 253 g/mol. The second kappa shape index (κ2) is 5.65. The molecule has 0 bridgehead atoms. The molecule has 1 aliphatic heterocycles. The number of para-hydroxylation sites is 1. The molecule has 1 saturated heterocycles. The fourth-order valence-electron chi connectivity index (χ4n) is 2.19. The van der Waals surface area contributed by atoms with E-state index in [-0.39, 0.29) is 6.04 Å². The molecule has 1 aromatic rings. The van der Waals surface area contributed by atoms with E-state index in [2.05, 4.69) is 12.2 Å². The van der Waals surface area contributed by atoms with Crippen LogP contribution >= 0.6 is 0 Å². The molecule has 4 heteroatoms. The first-order valence-electron chi connectivity index (χ1n) is 5.94. The minimum absolute atomic E-state index is 0.129. The minimum Gasteiger partial charge on any atom is -0.496 e. The lowest BCUT2D eigenvalue weighted by molar-refractivity contribution is 0.397. The summed E-state index contributed by atoms with van der Waals surface area (Å²) in [6.45, 7) is 2.14. The molecule has 94 valence electrons. The fraction of sp³-hybridized carbons (Fsp3) is 0.538. The molecule has 0 amide bonds.